The van der Waals surface area contributed by atoms with Crippen LogP contribution >= 0.6 is 11.6 Å². The fourth-order valence-corrected chi connectivity index (χ4v) is 1.80. The molecule has 2 rings (SSSR count). The summed E-state index contributed by atoms with van der Waals surface area (Å²) >= 11 is 5.88. The molecule has 1 N–H and O–H groups in total. The van der Waals surface area contributed by atoms with Gasteiger partial charge in [-0.15, -0.1) is 0 Å². The molecule has 2 aromatic rings. The molecule has 5 nitrogen and oxygen atoms in total. The highest BCUT2D eigenvalue weighted by Crippen LogP contribution is 2.21. The van der Waals surface area contributed by atoms with Crippen LogP contribution in [-0.4, -0.2) is 37.0 Å². The monoisotopic (exact) mass is 267 g/mol. The van der Waals surface area contributed by atoms with E-state index < -0.39 is 0 Å². The summed E-state index contributed by atoms with van der Waals surface area (Å²) in [4.78, 5) is 8.33. The van der Waals surface area contributed by atoms with Crippen LogP contribution in [0.2, 0.25) is 5.28 Å². The summed E-state index contributed by atoms with van der Waals surface area (Å²) in [5, 5.41) is 4.27. The highest BCUT2D eigenvalue weighted by Gasteiger charge is 2.09. The number of rotatable bonds is 5. The van der Waals surface area contributed by atoms with Gasteiger partial charge in [-0.25, -0.2) is 9.97 Å². The molecule has 0 saturated heterocycles. The van der Waals surface area contributed by atoms with Crippen LogP contribution in [0.5, 0.6) is 0 Å². The molecule has 0 amide bonds. The molecule has 96 valence electrons. The molecule has 0 unspecified atom stereocenters. The molecule has 18 heavy (non-hydrogen) atoms. The third-order valence-electron chi connectivity index (χ3n) is 2.54. The molecule has 0 spiro atoms. The molecular formula is C12H14ClN3O2. The van der Waals surface area contributed by atoms with Gasteiger partial charge in [0.15, 0.2) is 6.29 Å². The molecule has 1 aromatic carbocycles. The Labute approximate surface area is 110 Å². The van der Waals surface area contributed by atoms with Crippen LogP contribution in [-0.2, 0) is 9.47 Å². The molecule has 0 atom stereocenters. The van der Waals surface area contributed by atoms with E-state index in [0.29, 0.717) is 12.4 Å². The number of nitrogens with zero attached hydrogens (tertiary/aromatic N) is 2. The van der Waals surface area contributed by atoms with Crippen molar-refractivity contribution in [2.75, 3.05) is 26.1 Å². The van der Waals surface area contributed by atoms with Gasteiger partial charge in [0.1, 0.15) is 5.82 Å². The minimum Gasteiger partial charge on any atom is -0.364 e. The Bertz CT molecular complexity index is 532. The second kappa shape index (κ2) is 5.95. The van der Waals surface area contributed by atoms with Crippen LogP contribution in [0.4, 0.5) is 5.82 Å². The normalized spacial score (nSPS) is 11.1. The highest BCUT2D eigenvalue weighted by atomic mass is 35.5. The smallest absolute Gasteiger partial charge is 0.224 e. The van der Waals surface area contributed by atoms with Crippen molar-refractivity contribution < 1.29 is 9.47 Å². The molecule has 0 bridgehead atoms. The third-order valence-corrected chi connectivity index (χ3v) is 2.71. The van der Waals surface area contributed by atoms with Gasteiger partial charge in [-0.1, -0.05) is 12.1 Å². The van der Waals surface area contributed by atoms with E-state index in [1.807, 2.05) is 24.3 Å². The predicted octanol–water partition coefficient (Wildman–Crippen LogP) is 2.31. The summed E-state index contributed by atoms with van der Waals surface area (Å²) in [6.07, 6.45) is -0.336. The second-order valence-corrected chi connectivity index (χ2v) is 3.98. The minimum absolute atomic E-state index is 0.211. The Balaban J connectivity index is 2.26. The molecule has 0 aliphatic carbocycles. The largest absolute Gasteiger partial charge is 0.364 e. The Morgan fingerprint density at radius 3 is 2.67 bits per heavy atom. The van der Waals surface area contributed by atoms with E-state index in [9.17, 15) is 0 Å². The standard InChI is InChI=1S/C12H14ClN3O2/c1-17-10(18-2)7-14-11-8-5-3-4-6-9(8)15-12(13)16-11/h3-6,10H,7H2,1-2H3,(H,14,15,16). The first-order valence-electron chi connectivity index (χ1n) is 5.46. The van der Waals surface area contributed by atoms with Crippen molar-refractivity contribution in [3.8, 4) is 0 Å². The summed E-state index contributed by atoms with van der Waals surface area (Å²) in [6, 6.07) is 7.65. The van der Waals surface area contributed by atoms with Crippen molar-refractivity contribution in [2.24, 2.45) is 0 Å². The number of benzene rings is 1. The zero-order valence-electron chi connectivity index (χ0n) is 10.2. The molecule has 0 fully saturated rings. The minimum atomic E-state index is -0.336. The Morgan fingerprint density at radius 1 is 1.22 bits per heavy atom. The second-order valence-electron chi connectivity index (χ2n) is 3.64. The van der Waals surface area contributed by atoms with Crippen molar-refractivity contribution in [2.45, 2.75) is 6.29 Å². The number of ether oxygens (including phenoxy) is 2. The van der Waals surface area contributed by atoms with Gasteiger partial charge in [0.2, 0.25) is 5.28 Å². The van der Waals surface area contributed by atoms with Crippen LogP contribution in [0.15, 0.2) is 24.3 Å². The Hall–Kier alpha value is -1.43. The van der Waals surface area contributed by atoms with Gasteiger partial charge in [-0.05, 0) is 23.7 Å². The van der Waals surface area contributed by atoms with E-state index in [0.717, 1.165) is 10.9 Å². The first kappa shape index (κ1) is 13.0. The summed E-state index contributed by atoms with van der Waals surface area (Å²) in [6.45, 7) is 0.477. The molecule has 6 heteroatoms. The lowest BCUT2D eigenvalue weighted by molar-refractivity contribution is -0.0914. The van der Waals surface area contributed by atoms with Crippen LogP contribution in [0.3, 0.4) is 0 Å². The van der Waals surface area contributed by atoms with Gasteiger partial charge in [0, 0.05) is 19.6 Å². The lowest BCUT2D eigenvalue weighted by atomic mass is 10.2. The number of anilines is 1. The molecule has 0 saturated carbocycles. The summed E-state index contributed by atoms with van der Waals surface area (Å²) < 4.78 is 10.2. The third kappa shape index (κ3) is 2.87. The molecular weight excluding hydrogens is 254 g/mol. The molecule has 0 aliphatic rings. The Kier molecular flexibility index (Phi) is 4.30. The molecule has 1 heterocycles. The van der Waals surface area contributed by atoms with Crippen molar-refractivity contribution in [1.29, 1.82) is 0 Å². The highest BCUT2D eigenvalue weighted by molar-refractivity contribution is 6.28. The average Bonchev–Trinajstić information content (AvgIpc) is 2.39. The fourth-order valence-electron chi connectivity index (χ4n) is 1.63. The van der Waals surface area contributed by atoms with Gasteiger partial charge in [-0.3, -0.25) is 0 Å². The van der Waals surface area contributed by atoms with E-state index in [4.69, 9.17) is 21.1 Å². The average molecular weight is 268 g/mol. The predicted molar refractivity (Wildman–Crippen MR) is 70.8 cm³/mol. The van der Waals surface area contributed by atoms with E-state index in [2.05, 4.69) is 15.3 Å². The van der Waals surface area contributed by atoms with E-state index in [1.54, 1.807) is 14.2 Å². The van der Waals surface area contributed by atoms with Crippen molar-refractivity contribution in [1.82, 2.24) is 9.97 Å². The first-order chi connectivity index (χ1) is 8.74. The first-order valence-corrected chi connectivity index (χ1v) is 5.84. The van der Waals surface area contributed by atoms with Crippen molar-refractivity contribution >= 4 is 28.3 Å². The van der Waals surface area contributed by atoms with Crippen molar-refractivity contribution in [3.05, 3.63) is 29.5 Å². The van der Waals surface area contributed by atoms with Gasteiger partial charge in [0.05, 0.1) is 12.1 Å². The van der Waals surface area contributed by atoms with Crippen LogP contribution in [0.1, 0.15) is 0 Å². The van der Waals surface area contributed by atoms with E-state index >= 15 is 0 Å². The van der Waals surface area contributed by atoms with E-state index in [-0.39, 0.29) is 11.6 Å². The Morgan fingerprint density at radius 2 is 1.94 bits per heavy atom. The molecule has 1 aromatic heterocycles. The number of para-hydroxylation sites is 1. The summed E-state index contributed by atoms with van der Waals surface area (Å²) in [5.74, 6) is 0.671. The number of halogens is 1. The maximum atomic E-state index is 5.88. The van der Waals surface area contributed by atoms with Crippen molar-refractivity contribution in [3.63, 3.8) is 0 Å². The van der Waals surface area contributed by atoms with Crippen LogP contribution in [0.25, 0.3) is 10.9 Å². The maximum absolute atomic E-state index is 5.88. The topological polar surface area (TPSA) is 56.3 Å². The van der Waals surface area contributed by atoms with Gasteiger partial charge < -0.3 is 14.8 Å². The number of fused-ring (bicyclic) bond motifs is 1. The zero-order valence-corrected chi connectivity index (χ0v) is 10.9. The number of hydrogen-bond donors (Lipinski definition) is 1. The van der Waals surface area contributed by atoms with Gasteiger partial charge in [-0.2, -0.15) is 0 Å². The van der Waals surface area contributed by atoms with Gasteiger partial charge in [0.25, 0.3) is 0 Å². The number of hydrogen-bond acceptors (Lipinski definition) is 5. The summed E-state index contributed by atoms with van der Waals surface area (Å²) in [5.41, 5.74) is 0.798. The zero-order chi connectivity index (χ0) is 13.0. The number of aromatic nitrogens is 2. The van der Waals surface area contributed by atoms with Crippen LogP contribution < -0.4 is 5.32 Å². The lowest BCUT2D eigenvalue weighted by Crippen LogP contribution is -2.24. The quantitative estimate of drug-likeness (QED) is 0.665. The SMILES string of the molecule is COC(CNc1nc(Cl)nc2ccccc12)OC. The van der Waals surface area contributed by atoms with Crippen LogP contribution in [0, 0.1) is 0 Å². The summed E-state index contributed by atoms with van der Waals surface area (Å²) in [7, 11) is 3.17. The lowest BCUT2D eigenvalue weighted by Gasteiger charge is -2.15. The molecule has 0 radical (unpaired) electrons. The number of methoxy groups -OCH3 is 2. The van der Waals surface area contributed by atoms with Gasteiger partial charge >= 0.3 is 0 Å². The fraction of sp³-hybridized carbons (Fsp3) is 0.333. The maximum Gasteiger partial charge on any atom is 0.224 e. The number of nitrogens with one attached hydrogen (secondary N) is 1. The van der Waals surface area contributed by atoms with E-state index in [1.165, 1.54) is 0 Å². The molecule has 0 aliphatic heterocycles.